The average molecular weight is 255 g/mol. The Balaban J connectivity index is 2.25. The molecule has 0 bridgehead atoms. The Bertz CT molecular complexity index is 577. The van der Waals surface area contributed by atoms with Crippen LogP contribution in [0.1, 0.15) is 0 Å². The number of H-pyrrole nitrogens is 1. The zero-order chi connectivity index (χ0) is 12.3. The van der Waals surface area contributed by atoms with Gasteiger partial charge in [0.05, 0.1) is 24.3 Å². The number of hydrogen-bond acceptors (Lipinski definition) is 7. The lowest BCUT2D eigenvalue weighted by Crippen LogP contribution is -2.15. The highest BCUT2D eigenvalue weighted by Crippen LogP contribution is 2.13. The van der Waals surface area contributed by atoms with Gasteiger partial charge in [-0.15, -0.1) is 0 Å². The molecule has 2 aromatic rings. The van der Waals surface area contributed by atoms with Gasteiger partial charge in [0.25, 0.3) is 10.0 Å². The summed E-state index contributed by atoms with van der Waals surface area (Å²) in [6.45, 7) is 0. The monoisotopic (exact) mass is 255 g/mol. The first kappa shape index (κ1) is 11.3. The summed E-state index contributed by atoms with van der Waals surface area (Å²) in [6.07, 6.45) is 5.04. The molecule has 2 aromatic heterocycles. The first-order valence-corrected chi connectivity index (χ1v) is 5.90. The Morgan fingerprint density at radius 1 is 1.24 bits per heavy atom. The second kappa shape index (κ2) is 4.35. The molecule has 0 spiro atoms. The molecule has 0 saturated carbocycles. The van der Waals surface area contributed by atoms with Gasteiger partial charge < -0.3 is 0 Å². The molecule has 0 atom stereocenters. The molecule has 2 rings (SSSR count). The number of nitrogens with two attached hydrogens (primary N) is 1. The van der Waals surface area contributed by atoms with Gasteiger partial charge in [-0.3, -0.25) is 15.2 Å². The van der Waals surface area contributed by atoms with Crippen LogP contribution in [0.2, 0.25) is 0 Å². The maximum Gasteiger partial charge on any atom is 0.265 e. The molecule has 17 heavy (non-hydrogen) atoms. The van der Waals surface area contributed by atoms with Gasteiger partial charge in [0.1, 0.15) is 4.90 Å². The fraction of sp³-hybridized carbons (Fsp3) is 0. The third-order valence-electron chi connectivity index (χ3n) is 1.82. The van der Waals surface area contributed by atoms with E-state index in [4.69, 9.17) is 5.84 Å². The Hall–Kier alpha value is -2.20. The van der Waals surface area contributed by atoms with Gasteiger partial charge in [-0.2, -0.15) is 5.10 Å². The van der Waals surface area contributed by atoms with Crippen LogP contribution in [0.5, 0.6) is 0 Å². The molecule has 9 nitrogen and oxygen atoms in total. The van der Waals surface area contributed by atoms with Crippen LogP contribution in [-0.2, 0) is 10.0 Å². The molecule has 0 aromatic carbocycles. The van der Waals surface area contributed by atoms with Gasteiger partial charge in [0.2, 0.25) is 5.95 Å². The van der Waals surface area contributed by atoms with Crippen LogP contribution in [0.15, 0.2) is 29.7 Å². The predicted molar refractivity (Wildman–Crippen MR) is 59.2 cm³/mol. The third kappa shape index (κ3) is 2.49. The van der Waals surface area contributed by atoms with Crippen molar-refractivity contribution >= 4 is 21.7 Å². The minimum Gasteiger partial charge on any atom is -0.292 e. The summed E-state index contributed by atoms with van der Waals surface area (Å²) >= 11 is 0. The van der Waals surface area contributed by atoms with Gasteiger partial charge in [0.15, 0.2) is 0 Å². The summed E-state index contributed by atoms with van der Waals surface area (Å²) in [4.78, 5) is 7.33. The Morgan fingerprint density at radius 2 is 1.94 bits per heavy atom. The van der Waals surface area contributed by atoms with Crippen molar-refractivity contribution < 1.29 is 8.42 Å². The number of aromatic nitrogens is 4. The maximum atomic E-state index is 11.8. The maximum absolute atomic E-state index is 11.8. The van der Waals surface area contributed by atoms with E-state index in [1.807, 2.05) is 0 Å². The topological polar surface area (TPSA) is 139 Å². The largest absolute Gasteiger partial charge is 0.292 e. The third-order valence-corrected chi connectivity index (χ3v) is 3.15. The van der Waals surface area contributed by atoms with Crippen molar-refractivity contribution in [3.8, 4) is 0 Å². The molecule has 5 N–H and O–H groups in total. The number of aromatic amines is 1. The predicted octanol–water partition coefficient (Wildman–Crippen LogP) is -0.714. The lowest BCUT2D eigenvalue weighted by Gasteiger charge is -2.05. The molecule has 10 heteroatoms. The van der Waals surface area contributed by atoms with E-state index >= 15 is 0 Å². The van der Waals surface area contributed by atoms with Gasteiger partial charge in [-0.1, -0.05) is 0 Å². The van der Waals surface area contributed by atoms with Crippen LogP contribution in [0.4, 0.5) is 11.6 Å². The summed E-state index contributed by atoms with van der Waals surface area (Å²) in [5.41, 5.74) is 2.52. The Labute approximate surface area is 96.5 Å². The van der Waals surface area contributed by atoms with Crippen LogP contribution in [0.25, 0.3) is 0 Å². The van der Waals surface area contributed by atoms with Crippen LogP contribution in [0.3, 0.4) is 0 Å². The van der Waals surface area contributed by atoms with Gasteiger partial charge in [-0.05, 0) is 0 Å². The number of sulfonamides is 1. The zero-order valence-electron chi connectivity index (χ0n) is 8.45. The van der Waals surface area contributed by atoms with Crippen LogP contribution >= 0.6 is 0 Å². The molecular formula is C7H9N7O2S. The second-order valence-corrected chi connectivity index (χ2v) is 4.66. The van der Waals surface area contributed by atoms with E-state index in [-0.39, 0.29) is 10.8 Å². The lowest BCUT2D eigenvalue weighted by molar-refractivity contribution is 0.600. The van der Waals surface area contributed by atoms with Crippen LogP contribution < -0.4 is 16.0 Å². The van der Waals surface area contributed by atoms with Crippen LogP contribution in [-0.4, -0.2) is 28.6 Å². The number of hydrogen-bond donors (Lipinski definition) is 4. The van der Waals surface area contributed by atoms with Gasteiger partial charge >= 0.3 is 0 Å². The fourth-order valence-electron chi connectivity index (χ4n) is 1.05. The minimum atomic E-state index is -3.71. The first-order valence-electron chi connectivity index (χ1n) is 4.42. The molecule has 0 radical (unpaired) electrons. The van der Waals surface area contributed by atoms with Crippen molar-refractivity contribution in [3.05, 3.63) is 24.8 Å². The molecule has 0 unspecified atom stereocenters. The molecule has 2 heterocycles. The molecule has 0 aliphatic rings. The molecule has 0 aliphatic heterocycles. The molecule has 0 aliphatic carbocycles. The quantitative estimate of drug-likeness (QED) is 0.418. The number of nitrogen functional groups attached to an aromatic ring is 1. The van der Waals surface area contributed by atoms with E-state index in [1.54, 1.807) is 0 Å². The fourth-order valence-corrected chi connectivity index (χ4v) is 1.97. The first-order chi connectivity index (χ1) is 8.12. The van der Waals surface area contributed by atoms with E-state index in [0.717, 1.165) is 12.4 Å². The number of anilines is 2. The van der Waals surface area contributed by atoms with Crippen molar-refractivity contribution in [2.45, 2.75) is 4.90 Å². The number of nitrogens with zero attached hydrogens (tertiary/aromatic N) is 3. The van der Waals surface area contributed by atoms with Crippen molar-refractivity contribution in [2.24, 2.45) is 5.84 Å². The van der Waals surface area contributed by atoms with E-state index in [9.17, 15) is 8.42 Å². The van der Waals surface area contributed by atoms with E-state index in [2.05, 4.69) is 30.3 Å². The SMILES string of the molecule is NNc1ncc(S(=O)(=O)Nc2cn[nH]c2)cn1. The Kier molecular flexibility index (Phi) is 2.89. The van der Waals surface area contributed by atoms with E-state index in [0.29, 0.717) is 5.69 Å². The van der Waals surface area contributed by atoms with E-state index < -0.39 is 10.0 Å². The number of nitrogens with one attached hydrogen (secondary N) is 3. The van der Waals surface area contributed by atoms with Crippen molar-refractivity contribution in [2.75, 3.05) is 10.1 Å². The zero-order valence-corrected chi connectivity index (χ0v) is 9.27. The van der Waals surface area contributed by atoms with Crippen molar-refractivity contribution in [3.63, 3.8) is 0 Å². The molecule has 0 fully saturated rings. The highest BCUT2D eigenvalue weighted by Gasteiger charge is 2.15. The second-order valence-electron chi connectivity index (χ2n) is 2.98. The highest BCUT2D eigenvalue weighted by atomic mass is 32.2. The van der Waals surface area contributed by atoms with Crippen LogP contribution in [0, 0.1) is 0 Å². The van der Waals surface area contributed by atoms with Gasteiger partial charge in [-0.25, -0.2) is 24.2 Å². The van der Waals surface area contributed by atoms with Crippen molar-refractivity contribution in [1.29, 1.82) is 0 Å². The molecule has 90 valence electrons. The van der Waals surface area contributed by atoms with Crippen molar-refractivity contribution in [1.82, 2.24) is 20.2 Å². The standard InChI is InChI=1S/C7H9N7O2S/c8-13-7-9-3-6(4-10-7)17(15,16)14-5-1-11-12-2-5/h1-4,14H,8H2,(H,11,12)(H,9,10,13). The summed E-state index contributed by atoms with van der Waals surface area (Å²) in [7, 11) is -3.71. The summed E-state index contributed by atoms with van der Waals surface area (Å²) in [5.74, 6) is 5.20. The molecule has 0 saturated heterocycles. The smallest absolute Gasteiger partial charge is 0.265 e. The summed E-state index contributed by atoms with van der Waals surface area (Å²) < 4.78 is 25.9. The number of hydrazine groups is 1. The van der Waals surface area contributed by atoms with Gasteiger partial charge in [0, 0.05) is 6.20 Å². The minimum absolute atomic E-state index is 0.0716. The molecule has 0 amide bonds. The van der Waals surface area contributed by atoms with E-state index in [1.165, 1.54) is 12.4 Å². The number of rotatable bonds is 4. The highest BCUT2D eigenvalue weighted by molar-refractivity contribution is 7.92. The molecular weight excluding hydrogens is 246 g/mol. The average Bonchev–Trinajstić information content (AvgIpc) is 2.81. The Morgan fingerprint density at radius 3 is 2.47 bits per heavy atom. The normalized spacial score (nSPS) is 11.1. The summed E-state index contributed by atoms with van der Waals surface area (Å²) in [6, 6.07) is 0. The summed E-state index contributed by atoms with van der Waals surface area (Å²) in [5, 5.41) is 6.10. The lowest BCUT2D eigenvalue weighted by atomic mass is 10.6.